The lowest BCUT2D eigenvalue weighted by Gasteiger charge is -2.02. The van der Waals surface area contributed by atoms with Gasteiger partial charge in [-0.15, -0.1) is 0 Å². The lowest BCUT2D eigenvalue weighted by Crippen LogP contribution is -2.16. The van der Waals surface area contributed by atoms with Crippen LogP contribution in [0, 0.1) is 11.3 Å². The van der Waals surface area contributed by atoms with Crippen LogP contribution in [0.2, 0.25) is 0 Å². The van der Waals surface area contributed by atoms with E-state index in [0.29, 0.717) is 16.7 Å². The molecule has 0 atom stereocenters. The molecule has 0 fully saturated rings. The highest BCUT2D eigenvalue weighted by atomic mass is 16.4. The van der Waals surface area contributed by atoms with Crippen molar-refractivity contribution in [2.45, 2.75) is 0 Å². The number of carboxylic acid groups (broad SMARTS) is 1. The predicted octanol–water partition coefficient (Wildman–Crippen LogP) is 1.61. The number of carboxylic acids is 1. The number of carbonyl (C=O) groups is 1. The number of aromatic carboxylic acids is 1. The van der Waals surface area contributed by atoms with E-state index in [1.165, 1.54) is 12.3 Å². The minimum Gasteiger partial charge on any atom is -0.477 e. The summed E-state index contributed by atoms with van der Waals surface area (Å²) in [5.74, 6) is -1.28. The number of nitrogens with zero attached hydrogens (tertiary/aromatic N) is 1. The van der Waals surface area contributed by atoms with E-state index in [4.69, 9.17) is 10.4 Å². The maximum absolute atomic E-state index is 11.3. The van der Waals surface area contributed by atoms with Crippen LogP contribution in [0.5, 0.6) is 0 Å². The third-order valence-electron chi connectivity index (χ3n) is 2.46. The molecule has 0 amide bonds. The van der Waals surface area contributed by atoms with Crippen molar-refractivity contribution in [3.63, 3.8) is 0 Å². The Morgan fingerprint density at radius 3 is 2.72 bits per heavy atom. The van der Waals surface area contributed by atoms with Gasteiger partial charge in [-0.25, -0.2) is 4.79 Å². The van der Waals surface area contributed by atoms with Gasteiger partial charge in [0.15, 0.2) is 0 Å². The number of H-pyrrole nitrogens is 1. The van der Waals surface area contributed by atoms with Crippen molar-refractivity contribution in [3.05, 3.63) is 58.0 Å². The molecule has 88 valence electrons. The Balaban J connectivity index is 2.58. The second-order valence-corrected chi connectivity index (χ2v) is 3.63. The molecule has 0 saturated heterocycles. The van der Waals surface area contributed by atoms with Gasteiger partial charge in [0, 0.05) is 6.20 Å². The SMILES string of the molecule is N#Cc1cccc(-c2c[nH]c(=O)c(C(=O)O)c2)c1. The summed E-state index contributed by atoms with van der Waals surface area (Å²) in [7, 11) is 0. The van der Waals surface area contributed by atoms with E-state index in [1.807, 2.05) is 6.07 Å². The van der Waals surface area contributed by atoms with Gasteiger partial charge in [0.1, 0.15) is 5.56 Å². The zero-order chi connectivity index (χ0) is 13.1. The summed E-state index contributed by atoms with van der Waals surface area (Å²) < 4.78 is 0. The normalized spacial score (nSPS) is 9.72. The monoisotopic (exact) mass is 240 g/mol. The first-order valence-electron chi connectivity index (χ1n) is 5.08. The van der Waals surface area contributed by atoms with Gasteiger partial charge in [-0.1, -0.05) is 12.1 Å². The van der Waals surface area contributed by atoms with E-state index < -0.39 is 11.5 Å². The van der Waals surface area contributed by atoms with Crippen LogP contribution in [0.1, 0.15) is 15.9 Å². The van der Waals surface area contributed by atoms with Crippen LogP contribution in [0.25, 0.3) is 11.1 Å². The van der Waals surface area contributed by atoms with Gasteiger partial charge < -0.3 is 10.1 Å². The molecular weight excluding hydrogens is 232 g/mol. The molecule has 1 aromatic heterocycles. The van der Waals surface area contributed by atoms with Gasteiger partial charge in [0.25, 0.3) is 5.56 Å². The van der Waals surface area contributed by atoms with Gasteiger partial charge in [0.2, 0.25) is 0 Å². The number of aromatic nitrogens is 1. The summed E-state index contributed by atoms with van der Waals surface area (Å²) in [6.07, 6.45) is 1.42. The van der Waals surface area contributed by atoms with Crippen LogP contribution in [0.3, 0.4) is 0 Å². The minimum atomic E-state index is -1.28. The average molecular weight is 240 g/mol. The summed E-state index contributed by atoms with van der Waals surface area (Å²) in [5.41, 5.74) is 0.713. The standard InChI is InChI=1S/C13H8N2O3/c14-6-8-2-1-3-9(4-8)10-5-11(13(17)18)12(16)15-7-10/h1-5,7H,(H,15,16)(H,17,18). The Hall–Kier alpha value is -2.87. The van der Waals surface area contributed by atoms with Crippen molar-refractivity contribution in [2.75, 3.05) is 0 Å². The van der Waals surface area contributed by atoms with Gasteiger partial charge in [-0.3, -0.25) is 4.79 Å². The first kappa shape index (κ1) is 11.6. The summed E-state index contributed by atoms with van der Waals surface area (Å²) >= 11 is 0. The molecule has 2 rings (SSSR count). The van der Waals surface area contributed by atoms with Crippen LogP contribution in [-0.2, 0) is 0 Å². The molecule has 0 aliphatic rings. The fraction of sp³-hybridized carbons (Fsp3) is 0. The molecule has 5 nitrogen and oxygen atoms in total. The molecule has 0 saturated carbocycles. The predicted molar refractivity (Wildman–Crippen MR) is 64.2 cm³/mol. The fourth-order valence-corrected chi connectivity index (χ4v) is 1.58. The van der Waals surface area contributed by atoms with Crippen LogP contribution >= 0.6 is 0 Å². The molecule has 2 aromatic rings. The van der Waals surface area contributed by atoms with Crippen molar-refractivity contribution in [1.29, 1.82) is 5.26 Å². The third-order valence-corrected chi connectivity index (χ3v) is 2.46. The Labute approximate surface area is 102 Å². The molecular formula is C13H8N2O3. The van der Waals surface area contributed by atoms with Crippen molar-refractivity contribution >= 4 is 5.97 Å². The summed E-state index contributed by atoms with van der Waals surface area (Å²) in [6, 6.07) is 9.99. The zero-order valence-corrected chi connectivity index (χ0v) is 9.18. The largest absolute Gasteiger partial charge is 0.477 e. The number of rotatable bonds is 2. The third kappa shape index (κ3) is 2.13. The van der Waals surface area contributed by atoms with Crippen molar-refractivity contribution < 1.29 is 9.90 Å². The minimum absolute atomic E-state index is 0.324. The molecule has 0 unspecified atom stereocenters. The van der Waals surface area contributed by atoms with Crippen LogP contribution < -0.4 is 5.56 Å². The van der Waals surface area contributed by atoms with E-state index in [2.05, 4.69) is 4.98 Å². The maximum Gasteiger partial charge on any atom is 0.341 e. The van der Waals surface area contributed by atoms with E-state index in [1.54, 1.807) is 24.3 Å². The van der Waals surface area contributed by atoms with Crippen molar-refractivity contribution in [3.8, 4) is 17.2 Å². The quantitative estimate of drug-likeness (QED) is 0.833. The molecule has 18 heavy (non-hydrogen) atoms. The molecule has 1 heterocycles. The van der Waals surface area contributed by atoms with E-state index >= 15 is 0 Å². The Kier molecular flexibility index (Phi) is 2.94. The Bertz CT molecular complexity index is 711. The second-order valence-electron chi connectivity index (χ2n) is 3.63. The summed E-state index contributed by atoms with van der Waals surface area (Å²) in [6.45, 7) is 0. The molecule has 5 heteroatoms. The summed E-state index contributed by atoms with van der Waals surface area (Å²) in [4.78, 5) is 24.5. The average Bonchev–Trinajstić information content (AvgIpc) is 2.39. The smallest absolute Gasteiger partial charge is 0.341 e. The number of pyridine rings is 1. The number of aromatic amines is 1. The van der Waals surface area contributed by atoms with Crippen LogP contribution in [0.4, 0.5) is 0 Å². The number of nitriles is 1. The van der Waals surface area contributed by atoms with Crippen molar-refractivity contribution in [1.82, 2.24) is 4.98 Å². The molecule has 0 aliphatic carbocycles. The number of hydrogen-bond donors (Lipinski definition) is 2. The molecule has 0 radical (unpaired) electrons. The van der Waals surface area contributed by atoms with Crippen LogP contribution in [-0.4, -0.2) is 16.1 Å². The highest BCUT2D eigenvalue weighted by molar-refractivity contribution is 5.88. The maximum atomic E-state index is 11.3. The van der Waals surface area contributed by atoms with Gasteiger partial charge in [0.05, 0.1) is 11.6 Å². The lowest BCUT2D eigenvalue weighted by atomic mass is 10.0. The number of nitrogens with one attached hydrogen (secondary N) is 1. The topological polar surface area (TPSA) is 94.0 Å². The van der Waals surface area contributed by atoms with Gasteiger partial charge in [-0.2, -0.15) is 5.26 Å². The Morgan fingerprint density at radius 1 is 1.28 bits per heavy atom. The van der Waals surface area contributed by atoms with E-state index in [0.717, 1.165) is 0 Å². The lowest BCUT2D eigenvalue weighted by molar-refractivity contribution is 0.0695. The number of hydrogen-bond acceptors (Lipinski definition) is 3. The van der Waals surface area contributed by atoms with Crippen molar-refractivity contribution in [2.24, 2.45) is 0 Å². The zero-order valence-electron chi connectivity index (χ0n) is 9.18. The van der Waals surface area contributed by atoms with E-state index in [9.17, 15) is 9.59 Å². The van der Waals surface area contributed by atoms with Crippen LogP contribution in [0.15, 0.2) is 41.3 Å². The van der Waals surface area contributed by atoms with E-state index in [-0.39, 0.29) is 5.56 Å². The fourth-order valence-electron chi connectivity index (χ4n) is 1.58. The first-order chi connectivity index (χ1) is 8.61. The highest BCUT2D eigenvalue weighted by Crippen LogP contribution is 2.19. The Morgan fingerprint density at radius 2 is 2.06 bits per heavy atom. The second kappa shape index (κ2) is 4.55. The van der Waals surface area contributed by atoms with Gasteiger partial charge >= 0.3 is 5.97 Å². The number of benzene rings is 1. The molecule has 0 aliphatic heterocycles. The first-order valence-corrected chi connectivity index (χ1v) is 5.08. The molecule has 0 spiro atoms. The van der Waals surface area contributed by atoms with Gasteiger partial charge in [-0.05, 0) is 29.3 Å². The molecule has 0 bridgehead atoms. The molecule has 2 N–H and O–H groups in total. The summed E-state index contributed by atoms with van der Waals surface area (Å²) in [5, 5.41) is 17.7. The molecule has 1 aromatic carbocycles. The highest BCUT2D eigenvalue weighted by Gasteiger charge is 2.10.